The molecule has 2 unspecified atom stereocenters. The fourth-order valence-corrected chi connectivity index (χ4v) is 3.97. The molecule has 1 fully saturated rings. The van der Waals surface area contributed by atoms with E-state index < -0.39 is 5.60 Å². The lowest BCUT2D eigenvalue weighted by atomic mass is 9.90. The molecule has 1 aromatic rings. The van der Waals surface area contributed by atoms with Gasteiger partial charge in [0.2, 0.25) is 0 Å². The summed E-state index contributed by atoms with van der Waals surface area (Å²) in [5.74, 6) is 0. The van der Waals surface area contributed by atoms with Crippen LogP contribution in [-0.2, 0) is 4.74 Å². The highest BCUT2D eigenvalue weighted by molar-refractivity contribution is 6.30. The molecule has 0 aliphatic carbocycles. The molecule has 0 aromatic heterocycles. The fourth-order valence-electron chi connectivity index (χ4n) is 3.80. The number of ether oxygens (including phenoxy) is 1. The first-order chi connectivity index (χ1) is 15.1. The van der Waals surface area contributed by atoms with E-state index in [1.807, 2.05) is 64.2 Å². The molecule has 0 radical (unpaired) electrons. The number of nitrogens with zero attached hydrogens (tertiary/aromatic N) is 2. The van der Waals surface area contributed by atoms with Gasteiger partial charge >= 0.3 is 6.09 Å². The number of rotatable bonds is 8. The number of benzene rings is 1. The minimum Gasteiger partial charge on any atom is -0.444 e. The van der Waals surface area contributed by atoms with Crippen LogP contribution in [0.2, 0.25) is 5.02 Å². The summed E-state index contributed by atoms with van der Waals surface area (Å²) in [7, 11) is 0. The van der Waals surface area contributed by atoms with Gasteiger partial charge in [0.15, 0.2) is 0 Å². The monoisotopic (exact) mass is 461 g/mol. The number of hydrogen-bond donors (Lipinski definition) is 2. The van der Waals surface area contributed by atoms with Gasteiger partial charge in [-0.2, -0.15) is 0 Å². The van der Waals surface area contributed by atoms with Gasteiger partial charge in [-0.15, -0.1) is 6.58 Å². The van der Waals surface area contributed by atoms with E-state index in [0.717, 1.165) is 11.1 Å². The van der Waals surface area contributed by atoms with E-state index in [-0.39, 0.29) is 24.8 Å². The van der Waals surface area contributed by atoms with Crippen molar-refractivity contribution in [3.63, 3.8) is 0 Å². The van der Waals surface area contributed by atoms with Crippen molar-refractivity contribution in [2.45, 2.75) is 45.4 Å². The molecule has 1 aliphatic rings. The molecule has 176 valence electrons. The Morgan fingerprint density at radius 1 is 1.31 bits per heavy atom. The van der Waals surface area contributed by atoms with Crippen LogP contribution in [0.3, 0.4) is 0 Å². The molecule has 1 amide bonds. The number of carbonyl (C=O) groups excluding carboxylic acids is 1. The third-order valence-corrected chi connectivity index (χ3v) is 5.55. The van der Waals surface area contributed by atoms with Crippen molar-refractivity contribution in [3.05, 3.63) is 65.9 Å². The molecular formula is C25H36ClN3O3. The molecule has 2 N–H and O–H groups in total. The lowest BCUT2D eigenvalue weighted by Crippen LogP contribution is -2.53. The van der Waals surface area contributed by atoms with Crippen molar-refractivity contribution in [2.24, 2.45) is 0 Å². The Kier molecular flexibility index (Phi) is 9.37. The van der Waals surface area contributed by atoms with E-state index in [9.17, 15) is 9.90 Å². The van der Waals surface area contributed by atoms with Crippen molar-refractivity contribution in [1.82, 2.24) is 15.1 Å². The zero-order chi connectivity index (χ0) is 23.9. The Balaban J connectivity index is 2.35. The first-order valence-electron chi connectivity index (χ1n) is 10.9. The van der Waals surface area contributed by atoms with Crippen molar-refractivity contribution in [3.8, 4) is 0 Å². The molecule has 1 saturated heterocycles. The van der Waals surface area contributed by atoms with Crippen LogP contribution in [0.5, 0.6) is 0 Å². The van der Waals surface area contributed by atoms with Crippen LogP contribution < -0.4 is 5.32 Å². The number of allylic oxidation sites excluding steroid dienone is 1. The lowest BCUT2D eigenvalue weighted by Gasteiger charge is -2.42. The van der Waals surface area contributed by atoms with E-state index in [4.69, 9.17) is 16.3 Å². The van der Waals surface area contributed by atoms with Crippen LogP contribution >= 0.6 is 11.6 Å². The maximum atomic E-state index is 12.5. The third-order valence-electron chi connectivity index (χ3n) is 5.31. The Morgan fingerprint density at radius 2 is 1.97 bits per heavy atom. The van der Waals surface area contributed by atoms with Gasteiger partial charge in [0, 0.05) is 31.2 Å². The average molecular weight is 462 g/mol. The maximum absolute atomic E-state index is 12.5. The number of piperazine rings is 1. The van der Waals surface area contributed by atoms with Crippen molar-refractivity contribution in [1.29, 1.82) is 0 Å². The summed E-state index contributed by atoms with van der Waals surface area (Å²) < 4.78 is 5.53. The highest BCUT2D eigenvalue weighted by Gasteiger charge is 2.33. The van der Waals surface area contributed by atoms with Gasteiger partial charge < -0.3 is 20.1 Å². The van der Waals surface area contributed by atoms with Crippen LogP contribution in [0, 0.1) is 0 Å². The van der Waals surface area contributed by atoms with Gasteiger partial charge in [-0.25, -0.2) is 4.79 Å². The van der Waals surface area contributed by atoms with Gasteiger partial charge in [0.25, 0.3) is 0 Å². The molecular weight excluding hydrogens is 426 g/mol. The number of halogens is 1. The van der Waals surface area contributed by atoms with Gasteiger partial charge in [0.05, 0.1) is 18.7 Å². The molecule has 2 atom stereocenters. The number of aliphatic hydroxyl groups excluding tert-OH is 1. The number of hydrogen-bond acceptors (Lipinski definition) is 5. The second kappa shape index (κ2) is 11.5. The van der Waals surface area contributed by atoms with E-state index in [2.05, 4.69) is 23.4 Å². The van der Waals surface area contributed by atoms with Crippen molar-refractivity contribution in [2.75, 3.05) is 32.8 Å². The summed E-state index contributed by atoms with van der Waals surface area (Å²) in [6.07, 6.45) is 5.42. The van der Waals surface area contributed by atoms with Crippen LogP contribution in [0.25, 0.3) is 5.57 Å². The standard InChI is InChI=1S/C25H36ClN3O3/c1-7-11-27-22(8-2)23(20-10-9-19(26)16-21(20)18(3)17-30)28-12-14-29(15-13-28)24(31)32-25(4,5)6/h7-11,16,22-23,27,30H,2-3,12-15,17H2,1,4-6H3/b11-7-. The Labute approximate surface area is 197 Å². The highest BCUT2D eigenvalue weighted by Crippen LogP contribution is 2.34. The van der Waals surface area contributed by atoms with Crippen molar-refractivity contribution < 1.29 is 14.6 Å². The molecule has 0 spiro atoms. The van der Waals surface area contributed by atoms with Gasteiger partial charge in [-0.1, -0.05) is 36.4 Å². The minimum atomic E-state index is -0.524. The quantitative estimate of drug-likeness (QED) is 0.553. The zero-order valence-corrected chi connectivity index (χ0v) is 20.4. The summed E-state index contributed by atoms with van der Waals surface area (Å²) in [5, 5.41) is 13.8. The first kappa shape index (κ1) is 26.0. The minimum absolute atomic E-state index is 0.0972. The SMILES string of the molecule is C=CC(N/C=C\C)C(c1ccc(Cl)cc1C(=C)CO)N1CCN(C(=O)OC(C)(C)C)CC1. The average Bonchev–Trinajstić information content (AvgIpc) is 2.75. The predicted molar refractivity (Wildman–Crippen MR) is 132 cm³/mol. The summed E-state index contributed by atoms with van der Waals surface area (Å²) in [4.78, 5) is 16.6. The highest BCUT2D eigenvalue weighted by atomic mass is 35.5. The molecule has 32 heavy (non-hydrogen) atoms. The summed E-state index contributed by atoms with van der Waals surface area (Å²) in [6, 6.07) is 5.47. The molecule has 0 bridgehead atoms. The van der Waals surface area contributed by atoms with Gasteiger partial charge in [0.1, 0.15) is 5.60 Å². The smallest absolute Gasteiger partial charge is 0.410 e. The number of amides is 1. The van der Waals surface area contributed by atoms with E-state index >= 15 is 0 Å². The Morgan fingerprint density at radius 3 is 2.50 bits per heavy atom. The van der Waals surface area contributed by atoms with Gasteiger partial charge in [-0.3, -0.25) is 4.90 Å². The summed E-state index contributed by atoms with van der Waals surface area (Å²) in [6.45, 7) is 17.9. The van der Waals surface area contributed by atoms with E-state index in [1.54, 1.807) is 4.90 Å². The molecule has 6 nitrogen and oxygen atoms in total. The maximum Gasteiger partial charge on any atom is 0.410 e. The molecule has 0 saturated carbocycles. The second-order valence-electron chi connectivity index (χ2n) is 8.87. The zero-order valence-electron chi connectivity index (χ0n) is 19.6. The number of nitrogens with one attached hydrogen (secondary N) is 1. The Hall–Kier alpha value is -2.28. The van der Waals surface area contributed by atoms with Gasteiger partial charge in [-0.05, 0) is 62.7 Å². The molecule has 2 rings (SSSR count). The van der Waals surface area contributed by atoms with Crippen molar-refractivity contribution >= 4 is 23.3 Å². The lowest BCUT2D eigenvalue weighted by molar-refractivity contribution is 0.00914. The molecule has 1 heterocycles. The normalized spacial score (nSPS) is 17.1. The number of carbonyl (C=O) groups is 1. The third kappa shape index (κ3) is 6.86. The van der Waals surface area contributed by atoms with Crippen LogP contribution in [0.4, 0.5) is 4.79 Å². The topological polar surface area (TPSA) is 65.0 Å². The second-order valence-corrected chi connectivity index (χ2v) is 9.31. The largest absolute Gasteiger partial charge is 0.444 e. The molecule has 1 aromatic carbocycles. The summed E-state index contributed by atoms with van der Waals surface area (Å²) in [5.41, 5.74) is 1.91. The Bertz CT molecular complexity index is 839. The summed E-state index contributed by atoms with van der Waals surface area (Å²) >= 11 is 6.27. The molecule has 7 heteroatoms. The molecule has 1 aliphatic heterocycles. The van der Waals surface area contributed by atoms with Crippen LogP contribution in [0.15, 0.2) is 49.7 Å². The van der Waals surface area contributed by atoms with Crippen LogP contribution in [0.1, 0.15) is 44.9 Å². The first-order valence-corrected chi connectivity index (χ1v) is 11.3. The van der Waals surface area contributed by atoms with E-state index in [0.29, 0.717) is 36.8 Å². The van der Waals surface area contributed by atoms with E-state index in [1.165, 1.54) is 0 Å². The van der Waals surface area contributed by atoms with Crippen LogP contribution in [-0.4, -0.2) is 65.4 Å². The number of aliphatic hydroxyl groups is 1. The predicted octanol–water partition coefficient (Wildman–Crippen LogP) is 4.62. The fraction of sp³-hybridized carbons (Fsp3) is 0.480.